The average molecular weight is 204 g/mol. The summed E-state index contributed by atoms with van der Waals surface area (Å²) in [7, 11) is 0. The molecule has 15 heavy (non-hydrogen) atoms. The van der Waals surface area contributed by atoms with Crippen molar-refractivity contribution in [2.75, 3.05) is 6.61 Å². The van der Waals surface area contributed by atoms with Crippen LogP contribution in [0.5, 0.6) is 0 Å². The molecular formula is C12H16N2O. The van der Waals surface area contributed by atoms with Crippen LogP contribution in [0.4, 0.5) is 0 Å². The molecule has 0 spiro atoms. The molecule has 0 saturated carbocycles. The molecule has 2 N–H and O–H groups in total. The first kappa shape index (κ1) is 10.0. The molecule has 0 aromatic heterocycles. The molecule has 1 unspecified atom stereocenters. The second-order valence-electron chi connectivity index (χ2n) is 4.12. The Bertz CT molecular complexity index is 368. The van der Waals surface area contributed by atoms with Crippen molar-refractivity contribution in [3.63, 3.8) is 0 Å². The number of hydrogen-bond donors (Lipinski definition) is 1. The maximum atomic E-state index is 5.47. The molecule has 1 heterocycles. The van der Waals surface area contributed by atoms with Crippen LogP contribution in [0.1, 0.15) is 36.9 Å². The zero-order valence-corrected chi connectivity index (χ0v) is 9.10. The zero-order valence-electron chi connectivity index (χ0n) is 9.10. The van der Waals surface area contributed by atoms with E-state index >= 15 is 0 Å². The predicted molar refractivity (Wildman–Crippen MR) is 60.8 cm³/mol. The summed E-state index contributed by atoms with van der Waals surface area (Å²) in [4.78, 5) is 4.21. The van der Waals surface area contributed by atoms with E-state index in [1.165, 1.54) is 11.1 Å². The van der Waals surface area contributed by atoms with Gasteiger partial charge in [0.2, 0.25) is 0 Å². The molecule has 1 aliphatic heterocycles. The molecule has 0 bridgehead atoms. The summed E-state index contributed by atoms with van der Waals surface area (Å²) in [5.74, 6) is 0.562. The van der Waals surface area contributed by atoms with Gasteiger partial charge in [-0.1, -0.05) is 38.1 Å². The Kier molecular flexibility index (Phi) is 2.62. The third-order valence-electron chi connectivity index (χ3n) is 2.66. The molecule has 0 amide bonds. The Morgan fingerprint density at radius 3 is 2.47 bits per heavy atom. The molecule has 0 aliphatic carbocycles. The van der Waals surface area contributed by atoms with Gasteiger partial charge >= 0.3 is 0 Å². The van der Waals surface area contributed by atoms with E-state index < -0.39 is 0 Å². The molecule has 3 heteroatoms. The molecule has 1 aliphatic rings. The maximum absolute atomic E-state index is 5.47. The molecule has 1 aromatic rings. The topological polar surface area (TPSA) is 47.6 Å². The van der Waals surface area contributed by atoms with E-state index in [-0.39, 0.29) is 6.04 Å². The highest BCUT2D eigenvalue weighted by atomic mass is 16.5. The average Bonchev–Trinajstić information content (AvgIpc) is 2.65. The fraction of sp³-hybridized carbons (Fsp3) is 0.417. The van der Waals surface area contributed by atoms with E-state index in [1.807, 2.05) is 0 Å². The van der Waals surface area contributed by atoms with Crippen molar-refractivity contribution in [2.45, 2.75) is 25.8 Å². The van der Waals surface area contributed by atoms with Crippen LogP contribution < -0.4 is 5.73 Å². The standard InChI is InChI=1S/C12H16N2O/c1-8(2)9-3-5-10(6-4-9)11-7-15-12(13)14-11/h3-6,8,11H,7H2,1-2H3,(H2,13,14). The largest absolute Gasteiger partial charge is 0.463 e. The molecular weight excluding hydrogens is 188 g/mol. The molecule has 3 nitrogen and oxygen atoms in total. The van der Waals surface area contributed by atoms with Crippen LogP contribution >= 0.6 is 0 Å². The Balaban J connectivity index is 2.17. The van der Waals surface area contributed by atoms with Crippen LogP contribution in [0.25, 0.3) is 0 Å². The van der Waals surface area contributed by atoms with Crippen LogP contribution in [-0.2, 0) is 4.74 Å². The molecule has 0 saturated heterocycles. The zero-order chi connectivity index (χ0) is 10.8. The third-order valence-corrected chi connectivity index (χ3v) is 2.66. The fourth-order valence-corrected chi connectivity index (χ4v) is 1.67. The van der Waals surface area contributed by atoms with E-state index in [0.717, 1.165) is 0 Å². The summed E-state index contributed by atoms with van der Waals surface area (Å²) in [5, 5.41) is 0. The van der Waals surface area contributed by atoms with Gasteiger partial charge in [-0.3, -0.25) is 0 Å². The van der Waals surface area contributed by atoms with Gasteiger partial charge in [-0.05, 0) is 17.0 Å². The van der Waals surface area contributed by atoms with Gasteiger partial charge in [-0.25, -0.2) is 4.99 Å². The lowest BCUT2D eigenvalue weighted by atomic mass is 10.00. The molecule has 0 radical (unpaired) electrons. The molecule has 1 atom stereocenters. The summed E-state index contributed by atoms with van der Waals surface area (Å²) in [6.45, 7) is 4.93. The number of nitrogens with two attached hydrogens (primary N) is 1. The minimum atomic E-state index is 0.0752. The molecule has 0 fully saturated rings. The third kappa shape index (κ3) is 2.12. The molecule has 1 aromatic carbocycles. The van der Waals surface area contributed by atoms with Crippen LogP contribution in [0.3, 0.4) is 0 Å². The van der Waals surface area contributed by atoms with Crippen LogP contribution in [0, 0.1) is 0 Å². The second-order valence-corrected chi connectivity index (χ2v) is 4.12. The number of rotatable bonds is 2. The van der Waals surface area contributed by atoms with E-state index in [9.17, 15) is 0 Å². The lowest BCUT2D eigenvalue weighted by Gasteiger charge is -2.08. The SMILES string of the molecule is CC(C)c1ccc(C2COC(N)=N2)cc1. The Morgan fingerprint density at radius 2 is 2.00 bits per heavy atom. The van der Waals surface area contributed by atoms with Crippen molar-refractivity contribution in [3.05, 3.63) is 35.4 Å². The number of ether oxygens (including phenoxy) is 1. The minimum absolute atomic E-state index is 0.0752. The molecule has 2 rings (SSSR count). The summed E-state index contributed by atoms with van der Waals surface area (Å²) in [5.41, 5.74) is 7.98. The molecule has 80 valence electrons. The maximum Gasteiger partial charge on any atom is 0.282 e. The highest BCUT2D eigenvalue weighted by molar-refractivity contribution is 5.73. The first-order valence-corrected chi connectivity index (χ1v) is 5.22. The first-order chi connectivity index (χ1) is 7.16. The summed E-state index contributed by atoms with van der Waals surface area (Å²) in [6, 6.07) is 8.87. The van der Waals surface area contributed by atoms with E-state index in [2.05, 4.69) is 43.1 Å². The Hall–Kier alpha value is -1.51. The highest BCUT2D eigenvalue weighted by Crippen LogP contribution is 2.23. The lowest BCUT2D eigenvalue weighted by Crippen LogP contribution is -2.10. The quantitative estimate of drug-likeness (QED) is 0.802. The van der Waals surface area contributed by atoms with Crippen molar-refractivity contribution in [3.8, 4) is 0 Å². The summed E-state index contributed by atoms with van der Waals surface area (Å²) >= 11 is 0. The van der Waals surface area contributed by atoms with Crippen molar-refractivity contribution in [1.82, 2.24) is 0 Å². The second kappa shape index (κ2) is 3.93. The number of benzene rings is 1. The van der Waals surface area contributed by atoms with Crippen LogP contribution in [-0.4, -0.2) is 12.6 Å². The lowest BCUT2D eigenvalue weighted by molar-refractivity contribution is 0.315. The van der Waals surface area contributed by atoms with Crippen LogP contribution in [0.2, 0.25) is 0 Å². The van der Waals surface area contributed by atoms with Gasteiger partial charge in [-0.15, -0.1) is 0 Å². The smallest absolute Gasteiger partial charge is 0.282 e. The Labute approximate surface area is 90.0 Å². The van der Waals surface area contributed by atoms with E-state index in [1.54, 1.807) is 0 Å². The highest BCUT2D eigenvalue weighted by Gasteiger charge is 2.18. The first-order valence-electron chi connectivity index (χ1n) is 5.22. The van der Waals surface area contributed by atoms with Gasteiger partial charge in [-0.2, -0.15) is 0 Å². The van der Waals surface area contributed by atoms with E-state index in [4.69, 9.17) is 10.5 Å². The summed E-state index contributed by atoms with van der Waals surface area (Å²) < 4.78 is 5.13. The number of hydrogen-bond acceptors (Lipinski definition) is 3. The van der Waals surface area contributed by atoms with Gasteiger partial charge in [0.05, 0.1) is 0 Å². The summed E-state index contributed by atoms with van der Waals surface area (Å²) in [6.07, 6.45) is 0. The normalized spacial score (nSPS) is 20.2. The van der Waals surface area contributed by atoms with Gasteiger partial charge in [0.25, 0.3) is 6.02 Å². The Morgan fingerprint density at radius 1 is 1.33 bits per heavy atom. The fourth-order valence-electron chi connectivity index (χ4n) is 1.67. The van der Waals surface area contributed by atoms with Crippen molar-refractivity contribution < 1.29 is 4.74 Å². The monoisotopic (exact) mass is 204 g/mol. The van der Waals surface area contributed by atoms with Crippen molar-refractivity contribution >= 4 is 6.02 Å². The minimum Gasteiger partial charge on any atom is -0.463 e. The number of amidine groups is 1. The predicted octanol–water partition coefficient (Wildman–Crippen LogP) is 2.20. The van der Waals surface area contributed by atoms with Crippen LogP contribution in [0.15, 0.2) is 29.3 Å². The van der Waals surface area contributed by atoms with Crippen molar-refractivity contribution in [2.24, 2.45) is 10.7 Å². The number of aliphatic imine (C=N–C) groups is 1. The van der Waals surface area contributed by atoms with Gasteiger partial charge in [0, 0.05) is 0 Å². The van der Waals surface area contributed by atoms with E-state index in [0.29, 0.717) is 18.5 Å². The van der Waals surface area contributed by atoms with Gasteiger partial charge in [0.15, 0.2) is 0 Å². The number of nitrogens with zero attached hydrogens (tertiary/aromatic N) is 1. The van der Waals surface area contributed by atoms with Crippen molar-refractivity contribution in [1.29, 1.82) is 0 Å². The van der Waals surface area contributed by atoms with Gasteiger partial charge < -0.3 is 10.5 Å². The van der Waals surface area contributed by atoms with Gasteiger partial charge in [0.1, 0.15) is 12.6 Å².